The number of hydrogen-bond donors (Lipinski definition) is 2. The van der Waals surface area contributed by atoms with Gasteiger partial charge < -0.3 is 10.1 Å². The van der Waals surface area contributed by atoms with Crippen molar-refractivity contribution < 1.29 is 19.1 Å². The lowest BCUT2D eigenvalue weighted by molar-refractivity contribution is -0.135. The van der Waals surface area contributed by atoms with E-state index in [1.54, 1.807) is 13.1 Å². The van der Waals surface area contributed by atoms with Gasteiger partial charge in [0.05, 0.1) is 23.2 Å². The molecule has 1 aromatic heterocycles. The summed E-state index contributed by atoms with van der Waals surface area (Å²) in [6.07, 6.45) is 5.36. The number of carbonyl (C=O) groups excluding carboxylic acids is 3. The lowest BCUT2D eigenvalue weighted by Crippen LogP contribution is -2.44. The van der Waals surface area contributed by atoms with E-state index in [2.05, 4.69) is 22.5 Å². The summed E-state index contributed by atoms with van der Waals surface area (Å²) in [5.74, 6) is 5.56. The van der Waals surface area contributed by atoms with E-state index in [9.17, 15) is 19.2 Å². The van der Waals surface area contributed by atoms with Crippen LogP contribution in [-0.4, -0.2) is 40.2 Å². The van der Waals surface area contributed by atoms with E-state index in [1.807, 2.05) is 19.1 Å². The van der Waals surface area contributed by atoms with E-state index in [1.165, 1.54) is 9.13 Å². The van der Waals surface area contributed by atoms with Crippen molar-refractivity contribution in [2.45, 2.75) is 64.3 Å². The van der Waals surface area contributed by atoms with Gasteiger partial charge in [-0.05, 0) is 37.8 Å². The van der Waals surface area contributed by atoms with Crippen molar-refractivity contribution in [1.82, 2.24) is 19.8 Å². The second-order valence-corrected chi connectivity index (χ2v) is 8.38. The summed E-state index contributed by atoms with van der Waals surface area (Å²) in [5, 5.41) is 5.06. The molecule has 182 valence electrons. The summed E-state index contributed by atoms with van der Waals surface area (Å²) in [5.41, 5.74) is 1.72. The molecule has 9 heteroatoms. The molecule has 2 N–H and O–H groups in total. The molecule has 2 heterocycles. The van der Waals surface area contributed by atoms with Crippen molar-refractivity contribution in [2.24, 2.45) is 7.05 Å². The predicted molar refractivity (Wildman–Crippen MR) is 128 cm³/mol. The molecule has 1 saturated heterocycles. The number of aryl methyl sites for hydroxylation is 1. The van der Waals surface area contributed by atoms with Crippen molar-refractivity contribution in [3.8, 4) is 11.8 Å². The maximum absolute atomic E-state index is 12.9. The molecule has 1 unspecified atom stereocenters. The molecule has 1 fully saturated rings. The largest absolute Gasteiger partial charge is 0.450 e. The van der Waals surface area contributed by atoms with Crippen LogP contribution in [0.1, 0.15) is 69.9 Å². The van der Waals surface area contributed by atoms with Crippen LogP contribution in [0.4, 0.5) is 4.79 Å². The maximum Gasteiger partial charge on any atom is 0.407 e. The minimum absolute atomic E-state index is 0.203. The number of piperidine rings is 1. The highest BCUT2D eigenvalue weighted by Gasteiger charge is 2.31. The molecule has 0 saturated carbocycles. The molecule has 0 radical (unpaired) electrons. The third-order valence-corrected chi connectivity index (χ3v) is 5.83. The van der Waals surface area contributed by atoms with Crippen molar-refractivity contribution >= 4 is 28.9 Å². The minimum Gasteiger partial charge on any atom is -0.450 e. The topological polar surface area (TPSA) is 111 Å². The number of alkyl carbamates (subject to hydrolysis) is 1. The fourth-order valence-corrected chi connectivity index (χ4v) is 3.99. The second-order valence-electron chi connectivity index (χ2n) is 8.38. The first-order valence-electron chi connectivity index (χ1n) is 11.9. The monoisotopic (exact) mass is 468 g/mol. The predicted octanol–water partition coefficient (Wildman–Crippen LogP) is 2.76. The number of nitrogens with zero attached hydrogens (tertiary/aromatic N) is 2. The second kappa shape index (κ2) is 12.1. The van der Waals surface area contributed by atoms with Gasteiger partial charge in [0.1, 0.15) is 6.04 Å². The number of hydrogen-bond acceptors (Lipinski definition) is 5. The Kier molecular flexibility index (Phi) is 8.91. The molecule has 1 aromatic carbocycles. The summed E-state index contributed by atoms with van der Waals surface area (Å²) in [4.78, 5) is 48.3. The highest BCUT2D eigenvalue weighted by Crippen LogP contribution is 2.24. The molecule has 0 bridgehead atoms. The standard InChI is InChI=1S/C25H32N4O5/c1-3-4-17-34-24(32)26-16-9-7-5-6-8-11-18-12-10-13-19-22(18)28(2)25(33)29(19)20-14-15-21(30)27-23(20)31/h10,12-13,20H,3-7,9,14-17H2,1-2H3,(H,26,32)(H,27,30,31). The quantitative estimate of drug-likeness (QED) is 0.334. The van der Waals surface area contributed by atoms with Crippen molar-refractivity contribution in [3.63, 3.8) is 0 Å². The average Bonchev–Trinajstić information content (AvgIpc) is 3.06. The number of unbranched alkanes of at least 4 members (excludes halogenated alkanes) is 4. The van der Waals surface area contributed by atoms with Crippen molar-refractivity contribution in [3.05, 3.63) is 34.2 Å². The minimum atomic E-state index is -0.713. The molecule has 1 atom stereocenters. The summed E-state index contributed by atoms with van der Waals surface area (Å²) in [7, 11) is 1.67. The molecule has 34 heavy (non-hydrogen) atoms. The number of imide groups is 1. The smallest absolute Gasteiger partial charge is 0.407 e. The van der Waals surface area contributed by atoms with E-state index < -0.39 is 11.9 Å². The molecule has 0 aliphatic carbocycles. The highest BCUT2D eigenvalue weighted by atomic mass is 16.5. The molecule has 1 aliphatic heterocycles. The molecule has 0 spiro atoms. The Bertz CT molecular complexity index is 1170. The Labute approximate surface area is 198 Å². The first-order valence-corrected chi connectivity index (χ1v) is 11.9. The zero-order valence-electron chi connectivity index (χ0n) is 19.8. The number of nitrogens with one attached hydrogen (secondary N) is 2. The van der Waals surface area contributed by atoms with Crippen LogP contribution in [0, 0.1) is 11.8 Å². The zero-order chi connectivity index (χ0) is 24.5. The molecule has 3 rings (SSSR count). The fraction of sp³-hybridized carbons (Fsp3) is 0.520. The number of aromatic nitrogens is 2. The van der Waals surface area contributed by atoms with Crippen LogP contribution >= 0.6 is 0 Å². The summed E-state index contributed by atoms with van der Waals surface area (Å²) in [6.45, 7) is 3.07. The molecule has 1 aliphatic rings. The van der Waals surface area contributed by atoms with Gasteiger partial charge in [-0.3, -0.25) is 24.0 Å². The van der Waals surface area contributed by atoms with Crippen LogP contribution in [-0.2, 0) is 21.4 Å². The summed E-state index contributed by atoms with van der Waals surface area (Å²) in [6, 6.07) is 4.76. The number of rotatable bonds is 9. The van der Waals surface area contributed by atoms with Gasteiger partial charge in [0.25, 0.3) is 0 Å². The average molecular weight is 469 g/mol. The Morgan fingerprint density at radius 1 is 1.21 bits per heavy atom. The molecule has 2 aromatic rings. The molecule has 3 amide bonds. The highest BCUT2D eigenvalue weighted by molar-refractivity contribution is 6.00. The fourth-order valence-electron chi connectivity index (χ4n) is 3.99. The molecular formula is C25H32N4O5. The summed E-state index contributed by atoms with van der Waals surface area (Å²) >= 11 is 0. The Hall–Kier alpha value is -3.54. The van der Waals surface area contributed by atoms with Crippen LogP contribution < -0.4 is 16.3 Å². The SMILES string of the molecule is CCCCOC(=O)NCCCCCC#Cc1cccc2c1n(C)c(=O)n2C1CCC(=O)NC1=O. The Morgan fingerprint density at radius 3 is 2.79 bits per heavy atom. The van der Waals surface area contributed by atoms with Crippen molar-refractivity contribution in [2.75, 3.05) is 13.2 Å². The van der Waals surface area contributed by atoms with Crippen LogP contribution in [0.3, 0.4) is 0 Å². The third kappa shape index (κ3) is 6.07. The first kappa shape index (κ1) is 25.1. The maximum atomic E-state index is 12.9. The van der Waals surface area contributed by atoms with Crippen LogP contribution in [0.2, 0.25) is 0 Å². The van der Waals surface area contributed by atoms with Gasteiger partial charge in [-0.25, -0.2) is 9.59 Å². The number of benzene rings is 1. The van der Waals surface area contributed by atoms with Crippen molar-refractivity contribution in [1.29, 1.82) is 0 Å². The van der Waals surface area contributed by atoms with Crippen LogP contribution in [0.25, 0.3) is 11.0 Å². The van der Waals surface area contributed by atoms with E-state index in [4.69, 9.17) is 4.74 Å². The number of ether oxygens (including phenoxy) is 1. The number of amides is 3. The van der Waals surface area contributed by atoms with Gasteiger partial charge in [-0.1, -0.05) is 37.7 Å². The normalized spacial score (nSPS) is 15.5. The van der Waals surface area contributed by atoms with Crippen LogP contribution in [0.15, 0.2) is 23.0 Å². The van der Waals surface area contributed by atoms with E-state index in [-0.39, 0.29) is 24.1 Å². The van der Waals surface area contributed by atoms with Gasteiger partial charge >= 0.3 is 11.8 Å². The number of para-hydroxylation sites is 1. The van der Waals surface area contributed by atoms with Gasteiger partial charge in [0.2, 0.25) is 11.8 Å². The third-order valence-electron chi connectivity index (χ3n) is 5.83. The lowest BCUT2D eigenvalue weighted by atomic mass is 10.1. The van der Waals surface area contributed by atoms with E-state index >= 15 is 0 Å². The van der Waals surface area contributed by atoms with E-state index in [0.29, 0.717) is 37.0 Å². The molecular weight excluding hydrogens is 436 g/mol. The summed E-state index contributed by atoms with van der Waals surface area (Å²) < 4.78 is 8.01. The van der Waals surface area contributed by atoms with Gasteiger partial charge in [0.15, 0.2) is 0 Å². The zero-order valence-corrected chi connectivity index (χ0v) is 19.8. The number of imidazole rings is 1. The Balaban J connectivity index is 1.58. The number of fused-ring (bicyclic) bond motifs is 1. The molecule has 9 nitrogen and oxygen atoms in total. The van der Waals surface area contributed by atoms with E-state index in [0.717, 1.165) is 37.7 Å². The van der Waals surface area contributed by atoms with Gasteiger partial charge in [-0.2, -0.15) is 0 Å². The van der Waals surface area contributed by atoms with Crippen LogP contribution in [0.5, 0.6) is 0 Å². The lowest BCUT2D eigenvalue weighted by Gasteiger charge is -2.21. The number of carbonyl (C=O) groups is 3. The van der Waals surface area contributed by atoms with Gasteiger partial charge in [0, 0.05) is 26.4 Å². The Morgan fingerprint density at radius 2 is 2.03 bits per heavy atom. The van der Waals surface area contributed by atoms with Gasteiger partial charge in [-0.15, -0.1) is 0 Å². The first-order chi connectivity index (χ1) is 16.4.